The first-order valence-corrected chi connectivity index (χ1v) is 1.91. The van der Waals surface area contributed by atoms with Crippen molar-refractivity contribution < 1.29 is 0 Å². The zero-order valence-corrected chi connectivity index (χ0v) is 10.3. The lowest BCUT2D eigenvalue weighted by Crippen LogP contribution is -1.47. The minimum atomic E-state index is 0. The summed E-state index contributed by atoms with van der Waals surface area (Å²) in [5.74, 6) is 0. The molecule has 0 radical (unpaired) electrons. The summed E-state index contributed by atoms with van der Waals surface area (Å²) in [6.07, 6.45) is 2.64. The molecule has 0 aromatic rings. The van der Waals surface area contributed by atoms with Crippen LogP contribution >= 0.6 is 48.0 Å². The normalized spacial score (nSPS) is 3.75. The summed E-state index contributed by atoms with van der Waals surface area (Å²) in [5, 5.41) is 0. The van der Waals surface area contributed by atoms with Crippen LogP contribution in [0.15, 0.2) is 0 Å². The first kappa shape index (κ1) is 34.3. The lowest BCUT2D eigenvalue weighted by atomic mass is 10.4. The minimum absolute atomic E-state index is 0. The minimum Gasteiger partial charge on any atom is -0.344 e. The molecule has 0 aromatic heterocycles. The van der Waals surface area contributed by atoms with E-state index in [1.165, 1.54) is 12.8 Å². The van der Waals surface area contributed by atoms with Crippen LogP contribution in [-0.2, 0) is 0 Å². The van der Waals surface area contributed by atoms with Crippen LogP contribution < -0.4 is 12.3 Å². The van der Waals surface area contributed by atoms with Gasteiger partial charge in [-0.25, -0.2) is 0 Å². The topological polar surface area (TPSA) is 70.0 Å². The van der Waals surface area contributed by atoms with Gasteiger partial charge in [-0.3, -0.25) is 0 Å². The van der Waals surface area contributed by atoms with Gasteiger partial charge in [0.05, 0.1) is 0 Å². The number of rotatable bonds is 1. The Morgan fingerprint density at radius 1 is 0.750 bits per heavy atom. The summed E-state index contributed by atoms with van der Waals surface area (Å²) >= 11 is 0. The Balaban J connectivity index is -0.00000000750. The predicted octanol–water partition coefficient (Wildman–Crippen LogP) is 3.37. The van der Waals surface area contributed by atoms with Crippen molar-refractivity contribution >= 4 is 48.0 Å². The van der Waals surface area contributed by atoms with Crippen molar-refractivity contribution in [3.8, 4) is 0 Å². The van der Waals surface area contributed by atoms with Crippen LogP contribution in [0.3, 0.4) is 0 Å². The fraction of sp³-hybridized carbons (Fsp3) is 1.00. The largest absolute Gasteiger partial charge is 0.344 e. The molecule has 0 unspecified atom stereocenters. The molecule has 6 N–H and O–H groups in total. The molecule has 58 valence electrons. The molecule has 0 fully saturated rings. The first-order chi connectivity index (χ1) is 1.91. The summed E-state index contributed by atoms with van der Waals surface area (Å²) in [6.45, 7) is 4.36. The molecule has 0 aliphatic heterocycles. The Kier molecular flexibility index (Phi) is 171. The Labute approximate surface area is 86.4 Å². The van der Waals surface area contributed by atoms with Crippen molar-refractivity contribution in [2.75, 3.05) is 0 Å². The lowest BCUT2D eigenvalue weighted by molar-refractivity contribution is 0.886. The number of halogens is 2. The highest BCUT2D eigenvalue weighted by Crippen LogP contribution is 1.76. The molecule has 0 bridgehead atoms. The molecule has 0 amide bonds. The molecule has 0 rings (SSSR count). The third-order valence-corrected chi connectivity index (χ3v) is 0.500. The molecule has 2 nitrogen and oxygen atoms in total. The summed E-state index contributed by atoms with van der Waals surface area (Å²) in [6, 6.07) is 0. The molecule has 0 aliphatic carbocycles. The fourth-order valence-corrected chi connectivity index (χ4v) is 0. The Morgan fingerprint density at radius 2 is 0.875 bits per heavy atom. The Morgan fingerprint density at radius 3 is 0.875 bits per heavy atom. The molecule has 0 saturated carbocycles. The maximum absolute atomic E-state index is 2.18. The number of hydrogen-bond acceptors (Lipinski definition) is 2. The van der Waals surface area contributed by atoms with Gasteiger partial charge < -0.3 is 12.3 Å². The summed E-state index contributed by atoms with van der Waals surface area (Å²) in [5.41, 5.74) is 0. The molecule has 8 heavy (non-hydrogen) atoms. The third kappa shape index (κ3) is 53.0. The first-order valence-electron chi connectivity index (χ1n) is 1.91. The average molecular weight is 348 g/mol. The van der Waals surface area contributed by atoms with Gasteiger partial charge in [-0.15, -0.1) is 48.0 Å². The molecule has 0 heterocycles. The van der Waals surface area contributed by atoms with Crippen LogP contribution in [0.2, 0.25) is 0 Å². The highest BCUT2D eigenvalue weighted by atomic mass is 127. The van der Waals surface area contributed by atoms with Crippen LogP contribution in [0, 0.1) is 0 Å². The molecular weight excluding hydrogens is 330 g/mol. The van der Waals surface area contributed by atoms with Crippen molar-refractivity contribution in [3.63, 3.8) is 0 Å². The van der Waals surface area contributed by atoms with Gasteiger partial charge in [0.15, 0.2) is 0 Å². The van der Waals surface area contributed by atoms with Crippen LogP contribution in [0.5, 0.6) is 0 Å². The fourth-order valence-electron chi connectivity index (χ4n) is 0. The zero-order chi connectivity index (χ0) is 3.41. The maximum atomic E-state index is 2.18. The van der Waals surface area contributed by atoms with Crippen LogP contribution in [-0.4, -0.2) is 0 Å². The van der Waals surface area contributed by atoms with Crippen molar-refractivity contribution in [2.45, 2.75) is 26.7 Å². The van der Waals surface area contributed by atoms with Gasteiger partial charge in [0.2, 0.25) is 0 Å². The standard InChI is InChI=1S/C4H10.2HI.2H3N/c1-3-4-2;;;;/h3-4H2,1-2H3;2*1H;2*1H3. The van der Waals surface area contributed by atoms with Gasteiger partial charge in [0.25, 0.3) is 0 Å². The highest BCUT2D eigenvalue weighted by molar-refractivity contribution is 14.0. The Bertz CT molecular complexity index is 14.0. The Hall–Kier alpha value is 1.38. The van der Waals surface area contributed by atoms with Crippen LogP contribution in [0.25, 0.3) is 0 Å². The molecule has 0 aliphatic rings. The second-order valence-electron chi connectivity index (χ2n) is 1.000. The molecule has 0 spiro atoms. The van der Waals surface area contributed by atoms with E-state index in [0.29, 0.717) is 0 Å². The van der Waals surface area contributed by atoms with E-state index < -0.39 is 0 Å². The van der Waals surface area contributed by atoms with Gasteiger partial charge in [-0.2, -0.15) is 0 Å². The predicted molar refractivity (Wildman–Crippen MR) is 61.5 cm³/mol. The van der Waals surface area contributed by atoms with E-state index >= 15 is 0 Å². The van der Waals surface area contributed by atoms with Crippen molar-refractivity contribution in [1.29, 1.82) is 0 Å². The van der Waals surface area contributed by atoms with E-state index in [-0.39, 0.29) is 60.3 Å². The molecule has 4 heteroatoms. The second-order valence-corrected chi connectivity index (χ2v) is 1.000. The van der Waals surface area contributed by atoms with E-state index in [1.807, 2.05) is 0 Å². The zero-order valence-electron chi connectivity index (χ0n) is 5.64. The van der Waals surface area contributed by atoms with E-state index in [4.69, 9.17) is 0 Å². The van der Waals surface area contributed by atoms with Crippen LogP contribution in [0.4, 0.5) is 0 Å². The summed E-state index contributed by atoms with van der Waals surface area (Å²) in [4.78, 5) is 0. The van der Waals surface area contributed by atoms with Crippen molar-refractivity contribution in [1.82, 2.24) is 12.3 Å². The molecule has 0 saturated heterocycles. The summed E-state index contributed by atoms with van der Waals surface area (Å²) in [7, 11) is 0. The van der Waals surface area contributed by atoms with Crippen molar-refractivity contribution in [3.05, 3.63) is 0 Å². The number of hydrogen-bond donors (Lipinski definition) is 2. The molecule has 0 aromatic carbocycles. The second kappa shape index (κ2) is 40.0. The van der Waals surface area contributed by atoms with E-state index in [2.05, 4.69) is 13.8 Å². The quantitative estimate of drug-likeness (QED) is 0.714. The third-order valence-electron chi connectivity index (χ3n) is 0.500. The SMILES string of the molecule is CCCC.I.I.N.N. The van der Waals surface area contributed by atoms with Gasteiger partial charge in [0, 0.05) is 0 Å². The summed E-state index contributed by atoms with van der Waals surface area (Å²) < 4.78 is 0. The number of unbranched alkanes of at least 4 members (excludes halogenated alkanes) is 1. The average Bonchev–Trinajstić information content (AvgIpc) is 1.37. The van der Waals surface area contributed by atoms with Gasteiger partial charge >= 0.3 is 0 Å². The van der Waals surface area contributed by atoms with E-state index in [0.717, 1.165) is 0 Å². The van der Waals surface area contributed by atoms with Gasteiger partial charge in [0.1, 0.15) is 0 Å². The lowest BCUT2D eigenvalue weighted by Gasteiger charge is -1.68. The highest BCUT2D eigenvalue weighted by Gasteiger charge is 1.56. The van der Waals surface area contributed by atoms with Gasteiger partial charge in [-0.05, 0) is 0 Å². The van der Waals surface area contributed by atoms with Crippen molar-refractivity contribution in [2.24, 2.45) is 0 Å². The van der Waals surface area contributed by atoms with E-state index in [1.54, 1.807) is 0 Å². The molecule has 0 atom stereocenters. The monoisotopic (exact) mass is 348 g/mol. The van der Waals surface area contributed by atoms with Gasteiger partial charge in [-0.1, -0.05) is 26.7 Å². The molecular formula is C4H18I2N2. The van der Waals surface area contributed by atoms with Crippen LogP contribution in [0.1, 0.15) is 26.7 Å². The van der Waals surface area contributed by atoms with E-state index in [9.17, 15) is 0 Å². The maximum Gasteiger partial charge on any atom is -0.0564 e. The smallest absolute Gasteiger partial charge is 0.0564 e.